The topological polar surface area (TPSA) is 125 Å². The summed E-state index contributed by atoms with van der Waals surface area (Å²) in [5, 5.41) is 10.2. The summed E-state index contributed by atoms with van der Waals surface area (Å²) < 4.78 is 32.4. The normalized spacial score (nSPS) is 11.4. The lowest BCUT2D eigenvalue weighted by molar-refractivity contribution is 0.0430. The molecule has 2 aromatic heterocycles. The third-order valence-electron chi connectivity index (χ3n) is 3.27. The summed E-state index contributed by atoms with van der Waals surface area (Å²) in [7, 11) is -3.84. The monoisotopic (exact) mass is 379 g/mol. The van der Waals surface area contributed by atoms with E-state index in [0.29, 0.717) is 5.82 Å². The van der Waals surface area contributed by atoms with Crippen molar-refractivity contribution in [1.29, 1.82) is 0 Å². The van der Waals surface area contributed by atoms with Crippen LogP contribution in [0.3, 0.4) is 0 Å². The Morgan fingerprint density at radius 3 is 2.80 bits per heavy atom. The quantitative estimate of drug-likeness (QED) is 0.673. The minimum absolute atomic E-state index is 0.0904. The van der Waals surface area contributed by atoms with Gasteiger partial charge in [0.15, 0.2) is 6.61 Å². The minimum Gasteiger partial charge on any atom is -0.452 e. The Morgan fingerprint density at radius 1 is 1.36 bits per heavy atom. The number of carbonyl (C=O) groups is 1. The molecule has 0 aliphatic heterocycles. The maximum Gasteiger partial charge on any atom is 0.339 e. The molecule has 0 saturated heterocycles. The first-order chi connectivity index (χ1) is 11.8. The molecule has 0 atom stereocenters. The molecule has 0 amide bonds. The number of sulfonamides is 1. The first-order valence-electron chi connectivity index (χ1n) is 7.01. The molecule has 0 fully saturated rings. The van der Waals surface area contributed by atoms with Crippen molar-refractivity contribution in [1.82, 2.24) is 10.1 Å². The summed E-state index contributed by atoms with van der Waals surface area (Å²) in [6.45, 7) is 1.70. The fourth-order valence-electron chi connectivity index (χ4n) is 2.03. The Balaban J connectivity index is 1.67. The molecule has 2 N–H and O–H groups in total. The van der Waals surface area contributed by atoms with Gasteiger partial charge in [-0.05, 0) is 18.6 Å². The Hall–Kier alpha value is -2.56. The van der Waals surface area contributed by atoms with Gasteiger partial charge in [0.05, 0.1) is 5.56 Å². The largest absolute Gasteiger partial charge is 0.452 e. The predicted molar refractivity (Wildman–Crippen MR) is 89.3 cm³/mol. The van der Waals surface area contributed by atoms with Gasteiger partial charge in [-0.15, -0.1) is 11.3 Å². The average Bonchev–Trinajstić information content (AvgIpc) is 3.22. The van der Waals surface area contributed by atoms with Crippen LogP contribution in [0.4, 0.5) is 0 Å². The van der Waals surface area contributed by atoms with Crippen molar-refractivity contribution in [2.45, 2.75) is 17.7 Å². The van der Waals surface area contributed by atoms with Gasteiger partial charge in [-0.3, -0.25) is 0 Å². The lowest BCUT2D eigenvalue weighted by atomic mass is 10.1. The lowest BCUT2D eigenvalue weighted by Gasteiger charge is -1.99. The molecule has 0 aliphatic carbocycles. The van der Waals surface area contributed by atoms with Gasteiger partial charge in [0.2, 0.25) is 15.8 Å². The summed E-state index contributed by atoms with van der Waals surface area (Å²) in [4.78, 5) is 16.1. The number of hydrogen-bond donors (Lipinski definition) is 1. The maximum absolute atomic E-state index is 11.9. The number of rotatable bonds is 5. The number of carbonyl (C=O) groups excluding carboxylic acids is 1. The first kappa shape index (κ1) is 17.3. The van der Waals surface area contributed by atoms with E-state index >= 15 is 0 Å². The van der Waals surface area contributed by atoms with Crippen LogP contribution in [-0.4, -0.2) is 24.5 Å². The summed E-state index contributed by atoms with van der Waals surface area (Å²) in [5.41, 5.74) is 1.90. The fraction of sp³-hybridized carbons (Fsp3) is 0.133. The molecule has 0 aliphatic rings. The molecule has 0 saturated carbocycles. The van der Waals surface area contributed by atoms with E-state index in [9.17, 15) is 13.2 Å². The zero-order chi connectivity index (χ0) is 18.0. The molecule has 10 heteroatoms. The van der Waals surface area contributed by atoms with Gasteiger partial charge >= 0.3 is 5.97 Å². The second-order valence-electron chi connectivity index (χ2n) is 5.10. The fourth-order valence-corrected chi connectivity index (χ4v) is 3.60. The van der Waals surface area contributed by atoms with Crippen molar-refractivity contribution >= 4 is 27.3 Å². The summed E-state index contributed by atoms with van der Waals surface area (Å²) in [6.07, 6.45) is 0. The van der Waals surface area contributed by atoms with Crippen LogP contribution in [0, 0.1) is 6.92 Å². The number of primary sulfonamides is 1. The third kappa shape index (κ3) is 3.92. The number of aryl methyl sites for hydroxylation is 1. The van der Waals surface area contributed by atoms with Crippen LogP contribution >= 0.6 is 11.3 Å². The molecule has 2 heterocycles. The van der Waals surface area contributed by atoms with Gasteiger partial charge in [-0.1, -0.05) is 29.4 Å². The highest BCUT2D eigenvalue weighted by atomic mass is 32.2. The van der Waals surface area contributed by atoms with Crippen molar-refractivity contribution in [3.63, 3.8) is 0 Å². The molecule has 0 unspecified atom stereocenters. The van der Waals surface area contributed by atoms with Crippen molar-refractivity contribution in [2.24, 2.45) is 5.14 Å². The Labute approximate surface area is 147 Å². The number of thiophene rings is 1. The van der Waals surface area contributed by atoms with E-state index in [0.717, 1.165) is 28.5 Å². The molecule has 0 spiro atoms. The van der Waals surface area contributed by atoms with E-state index in [2.05, 4.69) is 10.1 Å². The van der Waals surface area contributed by atoms with E-state index < -0.39 is 16.0 Å². The molecule has 25 heavy (non-hydrogen) atoms. The van der Waals surface area contributed by atoms with E-state index in [1.165, 1.54) is 5.38 Å². The molecule has 0 radical (unpaired) electrons. The van der Waals surface area contributed by atoms with Crippen molar-refractivity contribution in [2.75, 3.05) is 0 Å². The van der Waals surface area contributed by atoms with Crippen LogP contribution < -0.4 is 5.14 Å². The standard InChI is InChI=1S/C15H13N3O5S2/c1-9-4-2-3-5-11(9)14-17-12(23-18-14)7-22-15(19)10-6-13(24-8-10)25(16,20)21/h2-6,8H,7H2,1H3,(H2,16,20,21). The second-order valence-corrected chi connectivity index (χ2v) is 7.80. The third-order valence-corrected chi connectivity index (χ3v) is 5.66. The van der Waals surface area contributed by atoms with Crippen LogP contribution in [0.25, 0.3) is 11.4 Å². The highest BCUT2D eigenvalue weighted by molar-refractivity contribution is 7.91. The number of hydrogen-bond acceptors (Lipinski definition) is 8. The average molecular weight is 379 g/mol. The number of aromatic nitrogens is 2. The van der Waals surface area contributed by atoms with E-state index in [-0.39, 0.29) is 22.3 Å². The van der Waals surface area contributed by atoms with Gasteiger partial charge in [-0.25, -0.2) is 18.4 Å². The summed E-state index contributed by atoms with van der Waals surface area (Å²) in [6, 6.07) is 8.70. The highest BCUT2D eigenvalue weighted by Crippen LogP contribution is 2.21. The summed E-state index contributed by atoms with van der Waals surface area (Å²) in [5.74, 6) is -0.175. The van der Waals surface area contributed by atoms with Crippen molar-refractivity contribution < 1.29 is 22.5 Å². The highest BCUT2D eigenvalue weighted by Gasteiger charge is 2.17. The zero-order valence-electron chi connectivity index (χ0n) is 13.0. The van der Waals surface area contributed by atoms with Gasteiger partial charge in [0.25, 0.3) is 5.89 Å². The second kappa shape index (κ2) is 6.75. The molecule has 130 valence electrons. The van der Waals surface area contributed by atoms with Crippen LogP contribution in [0.1, 0.15) is 21.8 Å². The number of nitrogens with zero attached hydrogens (tertiary/aromatic N) is 2. The van der Waals surface area contributed by atoms with Crippen LogP contribution in [-0.2, 0) is 21.4 Å². The molecular weight excluding hydrogens is 366 g/mol. The molecule has 3 rings (SSSR count). The van der Waals surface area contributed by atoms with E-state index in [1.807, 2.05) is 31.2 Å². The number of nitrogens with two attached hydrogens (primary N) is 1. The van der Waals surface area contributed by atoms with Gasteiger partial charge in [-0.2, -0.15) is 4.98 Å². The summed E-state index contributed by atoms with van der Waals surface area (Å²) >= 11 is 0.844. The van der Waals surface area contributed by atoms with Crippen molar-refractivity contribution in [3.05, 3.63) is 52.7 Å². The maximum atomic E-state index is 11.9. The SMILES string of the molecule is Cc1ccccc1-c1noc(COC(=O)c2csc(S(N)(=O)=O)c2)n1. The van der Waals surface area contributed by atoms with Gasteiger partial charge in [0, 0.05) is 10.9 Å². The molecule has 3 aromatic rings. The minimum atomic E-state index is -3.84. The van der Waals surface area contributed by atoms with Gasteiger partial charge in [0.1, 0.15) is 4.21 Å². The van der Waals surface area contributed by atoms with Crippen LogP contribution in [0.5, 0.6) is 0 Å². The predicted octanol–water partition coefficient (Wildman–Crippen LogP) is 2.11. The molecule has 0 bridgehead atoms. The molecule has 1 aromatic carbocycles. The number of benzene rings is 1. The Kier molecular flexibility index (Phi) is 4.66. The van der Waals surface area contributed by atoms with E-state index in [4.69, 9.17) is 14.4 Å². The number of esters is 1. The van der Waals surface area contributed by atoms with Gasteiger partial charge < -0.3 is 9.26 Å². The lowest BCUT2D eigenvalue weighted by Crippen LogP contribution is -2.10. The zero-order valence-corrected chi connectivity index (χ0v) is 14.6. The molecule has 8 nitrogen and oxygen atoms in total. The Bertz CT molecular complexity index is 1020. The first-order valence-corrected chi connectivity index (χ1v) is 9.44. The van der Waals surface area contributed by atoms with Crippen LogP contribution in [0.2, 0.25) is 0 Å². The van der Waals surface area contributed by atoms with E-state index in [1.54, 1.807) is 0 Å². The van der Waals surface area contributed by atoms with Crippen molar-refractivity contribution in [3.8, 4) is 11.4 Å². The van der Waals surface area contributed by atoms with Crippen LogP contribution in [0.15, 0.2) is 44.4 Å². The number of ether oxygens (including phenoxy) is 1. The Morgan fingerprint density at radius 2 is 2.12 bits per heavy atom. The smallest absolute Gasteiger partial charge is 0.339 e. The molecular formula is C15H13N3O5S2.